The van der Waals surface area contributed by atoms with E-state index in [2.05, 4.69) is 6.92 Å². The van der Waals surface area contributed by atoms with Crippen molar-refractivity contribution in [1.82, 2.24) is 0 Å². The first kappa shape index (κ1) is 21.6. The molecule has 0 bridgehead atoms. The van der Waals surface area contributed by atoms with E-state index in [9.17, 15) is 4.79 Å². The predicted molar refractivity (Wildman–Crippen MR) is 98.2 cm³/mol. The fraction of sp³-hybridized carbons (Fsp3) is 0.950. The van der Waals surface area contributed by atoms with E-state index in [0.717, 1.165) is 6.42 Å². The second-order valence-corrected chi connectivity index (χ2v) is 6.95. The number of hydrogen-bond donors (Lipinski definition) is 1. The standard InChI is InChI=1S/C20H41NO/c1-3-4-5-6-7-8-9-10-11-12-13-14-15-16-17-18-20(22)19(2)21/h19H,3-18,21H2,1-2H3/t19-/m0/s1. The maximum absolute atomic E-state index is 11.4. The lowest BCUT2D eigenvalue weighted by Crippen LogP contribution is -2.26. The van der Waals surface area contributed by atoms with Crippen LogP contribution in [0.15, 0.2) is 0 Å². The average Bonchev–Trinajstić information content (AvgIpc) is 2.50. The van der Waals surface area contributed by atoms with E-state index in [-0.39, 0.29) is 11.8 Å². The van der Waals surface area contributed by atoms with Gasteiger partial charge in [0.15, 0.2) is 0 Å². The summed E-state index contributed by atoms with van der Waals surface area (Å²) in [6.45, 7) is 4.06. The van der Waals surface area contributed by atoms with Crippen LogP contribution in [-0.2, 0) is 4.79 Å². The molecule has 0 amide bonds. The Morgan fingerprint density at radius 3 is 1.32 bits per heavy atom. The van der Waals surface area contributed by atoms with Crippen molar-refractivity contribution in [2.75, 3.05) is 0 Å². The Balaban J connectivity index is 3.04. The topological polar surface area (TPSA) is 43.1 Å². The molecule has 0 aliphatic heterocycles. The van der Waals surface area contributed by atoms with Gasteiger partial charge in [0.2, 0.25) is 0 Å². The molecule has 2 heteroatoms. The van der Waals surface area contributed by atoms with Crippen molar-refractivity contribution in [3.63, 3.8) is 0 Å². The van der Waals surface area contributed by atoms with E-state index in [1.165, 1.54) is 89.9 Å². The number of nitrogens with two attached hydrogens (primary N) is 1. The molecule has 2 nitrogen and oxygen atoms in total. The number of rotatable bonds is 17. The van der Waals surface area contributed by atoms with E-state index in [0.29, 0.717) is 6.42 Å². The van der Waals surface area contributed by atoms with Gasteiger partial charge in [-0.3, -0.25) is 4.79 Å². The molecule has 0 spiro atoms. The zero-order valence-electron chi connectivity index (χ0n) is 15.4. The van der Waals surface area contributed by atoms with Crippen molar-refractivity contribution in [3.05, 3.63) is 0 Å². The van der Waals surface area contributed by atoms with Gasteiger partial charge in [-0.15, -0.1) is 0 Å². The van der Waals surface area contributed by atoms with Crippen LogP contribution in [0, 0.1) is 0 Å². The van der Waals surface area contributed by atoms with Gasteiger partial charge in [-0.1, -0.05) is 96.8 Å². The Kier molecular flexibility index (Phi) is 16.7. The molecular formula is C20H41NO. The van der Waals surface area contributed by atoms with Crippen LogP contribution in [-0.4, -0.2) is 11.8 Å². The zero-order valence-corrected chi connectivity index (χ0v) is 15.4. The predicted octanol–water partition coefficient (Wildman–Crippen LogP) is 6.16. The quantitative estimate of drug-likeness (QED) is 0.327. The first-order valence-electron chi connectivity index (χ1n) is 9.96. The van der Waals surface area contributed by atoms with Gasteiger partial charge in [0.25, 0.3) is 0 Å². The van der Waals surface area contributed by atoms with Crippen LogP contribution in [0.2, 0.25) is 0 Å². The molecule has 0 unspecified atom stereocenters. The molecule has 0 fully saturated rings. The Hall–Kier alpha value is -0.370. The van der Waals surface area contributed by atoms with E-state index in [1.807, 2.05) is 0 Å². The average molecular weight is 312 g/mol. The molecule has 0 radical (unpaired) electrons. The van der Waals surface area contributed by atoms with Crippen LogP contribution in [0.25, 0.3) is 0 Å². The summed E-state index contributed by atoms with van der Waals surface area (Å²) in [4.78, 5) is 11.4. The van der Waals surface area contributed by atoms with Gasteiger partial charge in [-0.25, -0.2) is 0 Å². The first-order chi connectivity index (χ1) is 10.7. The molecule has 0 aromatic carbocycles. The highest BCUT2D eigenvalue weighted by molar-refractivity contribution is 5.83. The molecule has 0 heterocycles. The van der Waals surface area contributed by atoms with Gasteiger partial charge in [0.1, 0.15) is 5.78 Å². The van der Waals surface area contributed by atoms with Crippen LogP contribution in [0.3, 0.4) is 0 Å². The maximum atomic E-state index is 11.4. The van der Waals surface area contributed by atoms with E-state index < -0.39 is 0 Å². The van der Waals surface area contributed by atoms with Crippen molar-refractivity contribution >= 4 is 5.78 Å². The van der Waals surface area contributed by atoms with Gasteiger partial charge >= 0.3 is 0 Å². The fourth-order valence-corrected chi connectivity index (χ4v) is 2.90. The molecule has 0 rings (SSSR count). The highest BCUT2D eigenvalue weighted by atomic mass is 16.1. The van der Waals surface area contributed by atoms with E-state index in [4.69, 9.17) is 5.73 Å². The lowest BCUT2D eigenvalue weighted by Gasteiger charge is -2.04. The smallest absolute Gasteiger partial charge is 0.149 e. The largest absolute Gasteiger partial charge is 0.322 e. The Labute approximate surface area is 139 Å². The number of Topliss-reactive ketones (excluding diaryl/α,β-unsaturated/α-hetero) is 1. The summed E-state index contributed by atoms with van der Waals surface area (Å²) in [6, 6.07) is -0.272. The molecule has 22 heavy (non-hydrogen) atoms. The second kappa shape index (κ2) is 17.0. The fourth-order valence-electron chi connectivity index (χ4n) is 2.90. The summed E-state index contributed by atoms with van der Waals surface area (Å²) in [5.41, 5.74) is 5.55. The van der Waals surface area contributed by atoms with E-state index >= 15 is 0 Å². The minimum atomic E-state index is -0.272. The zero-order chi connectivity index (χ0) is 16.5. The third-order valence-corrected chi connectivity index (χ3v) is 4.53. The molecule has 132 valence electrons. The number of ketones is 1. The molecule has 0 saturated heterocycles. The Bertz CT molecular complexity index is 238. The molecular weight excluding hydrogens is 270 g/mol. The van der Waals surface area contributed by atoms with Gasteiger partial charge < -0.3 is 5.73 Å². The van der Waals surface area contributed by atoms with Crippen LogP contribution < -0.4 is 5.73 Å². The van der Waals surface area contributed by atoms with Crippen LogP contribution in [0.1, 0.15) is 117 Å². The molecule has 0 aliphatic carbocycles. The summed E-state index contributed by atoms with van der Waals surface area (Å²) < 4.78 is 0. The number of carbonyl (C=O) groups is 1. The second-order valence-electron chi connectivity index (χ2n) is 6.95. The van der Waals surface area contributed by atoms with Crippen LogP contribution in [0.4, 0.5) is 0 Å². The van der Waals surface area contributed by atoms with Crippen LogP contribution in [0.5, 0.6) is 0 Å². The van der Waals surface area contributed by atoms with Gasteiger partial charge in [0, 0.05) is 6.42 Å². The van der Waals surface area contributed by atoms with Crippen molar-refractivity contribution in [2.24, 2.45) is 5.73 Å². The summed E-state index contributed by atoms with van der Waals surface area (Å²) in [7, 11) is 0. The lowest BCUT2D eigenvalue weighted by atomic mass is 10.0. The highest BCUT2D eigenvalue weighted by Crippen LogP contribution is 2.13. The van der Waals surface area contributed by atoms with Crippen molar-refractivity contribution in [1.29, 1.82) is 0 Å². The molecule has 0 aliphatic rings. The van der Waals surface area contributed by atoms with Gasteiger partial charge in [-0.2, -0.15) is 0 Å². The molecule has 0 aromatic heterocycles. The Morgan fingerprint density at radius 2 is 1.00 bits per heavy atom. The number of unbranched alkanes of at least 4 members (excludes halogenated alkanes) is 14. The summed E-state index contributed by atoms with van der Waals surface area (Å²) in [6.07, 6.45) is 21.1. The molecule has 2 N–H and O–H groups in total. The minimum Gasteiger partial charge on any atom is -0.322 e. The molecule has 0 aromatic rings. The first-order valence-corrected chi connectivity index (χ1v) is 9.96. The lowest BCUT2D eigenvalue weighted by molar-refractivity contribution is -0.120. The summed E-state index contributed by atoms with van der Waals surface area (Å²) >= 11 is 0. The van der Waals surface area contributed by atoms with E-state index in [1.54, 1.807) is 6.92 Å². The maximum Gasteiger partial charge on any atom is 0.149 e. The Morgan fingerprint density at radius 1 is 0.682 bits per heavy atom. The SMILES string of the molecule is CCCCCCCCCCCCCCCCCC(=O)[C@H](C)N. The van der Waals surface area contributed by atoms with Crippen molar-refractivity contribution < 1.29 is 4.79 Å². The van der Waals surface area contributed by atoms with Gasteiger partial charge in [-0.05, 0) is 13.3 Å². The van der Waals surface area contributed by atoms with Crippen molar-refractivity contribution in [3.8, 4) is 0 Å². The minimum absolute atomic E-state index is 0.217. The highest BCUT2D eigenvalue weighted by Gasteiger charge is 2.05. The summed E-state index contributed by atoms with van der Waals surface area (Å²) in [5.74, 6) is 0.217. The summed E-state index contributed by atoms with van der Waals surface area (Å²) in [5, 5.41) is 0. The number of carbonyl (C=O) groups excluding carboxylic acids is 1. The molecule has 1 atom stereocenters. The van der Waals surface area contributed by atoms with Gasteiger partial charge in [0.05, 0.1) is 6.04 Å². The van der Waals surface area contributed by atoms with Crippen molar-refractivity contribution in [2.45, 2.75) is 123 Å². The molecule has 0 saturated carbocycles. The third-order valence-electron chi connectivity index (χ3n) is 4.53. The third kappa shape index (κ3) is 16.0. The van der Waals surface area contributed by atoms with Crippen LogP contribution >= 0.6 is 0 Å². The monoisotopic (exact) mass is 311 g/mol. The normalized spacial score (nSPS) is 12.5. The number of hydrogen-bond acceptors (Lipinski definition) is 2.